The lowest BCUT2D eigenvalue weighted by Gasteiger charge is -2.29. The molecule has 0 aromatic heterocycles. The van der Waals surface area contributed by atoms with Crippen LogP contribution < -0.4 is 4.90 Å². The smallest absolute Gasteiger partial charge is 0.152 e. The van der Waals surface area contributed by atoms with Gasteiger partial charge in [0.15, 0.2) is 6.29 Å². The summed E-state index contributed by atoms with van der Waals surface area (Å²) in [5.41, 5.74) is 0.785. The third-order valence-corrected chi connectivity index (χ3v) is 3.31. The SMILES string of the molecule is CN(CC1CCCOC1)c1c(F)cccc1C=O. The van der Waals surface area contributed by atoms with Crippen LogP contribution in [-0.4, -0.2) is 33.1 Å². The Morgan fingerprint density at radius 1 is 1.56 bits per heavy atom. The van der Waals surface area contributed by atoms with Crippen molar-refractivity contribution in [2.24, 2.45) is 5.92 Å². The zero-order valence-corrected chi connectivity index (χ0v) is 10.6. The molecule has 4 heteroatoms. The van der Waals surface area contributed by atoms with Crippen LogP contribution in [0.2, 0.25) is 0 Å². The van der Waals surface area contributed by atoms with E-state index in [0.717, 1.165) is 26.1 Å². The molecule has 98 valence electrons. The number of carbonyl (C=O) groups excluding carboxylic acids is 1. The van der Waals surface area contributed by atoms with E-state index in [2.05, 4.69) is 0 Å². The number of benzene rings is 1. The summed E-state index contributed by atoms with van der Waals surface area (Å²) in [6.45, 7) is 2.25. The summed E-state index contributed by atoms with van der Waals surface area (Å²) in [6.07, 6.45) is 2.85. The van der Waals surface area contributed by atoms with Crippen LogP contribution in [0.5, 0.6) is 0 Å². The quantitative estimate of drug-likeness (QED) is 0.770. The van der Waals surface area contributed by atoms with Gasteiger partial charge in [0.1, 0.15) is 5.82 Å². The fraction of sp³-hybridized carbons (Fsp3) is 0.500. The molecule has 2 rings (SSSR count). The van der Waals surface area contributed by atoms with E-state index in [1.807, 2.05) is 11.9 Å². The van der Waals surface area contributed by atoms with Crippen LogP contribution in [-0.2, 0) is 4.74 Å². The summed E-state index contributed by atoms with van der Waals surface area (Å²) in [6, 6.07) is 4.58. The Labute approximate surface area is 107 Å². The summed E-state index contributed by atoms with van der Waals surface area (Å²) in [5.74, 6) is 0.0571. The number of ether oxygens (including phenoxy) is 1. The van der Waals surface area contributed by atoms with E-state index >= 15 is 0 Å². The van der Waals surface area contributed by atoms with Crippen molar-refractivity contribution in [1.29, 1.82) is 0 Å². The Kier molecular flexibility index (Phi) is 4.31. The van der Waals surface area contributed by atoms with Crippen LogP contribution in [0.3, 0.4) is 0 Å². The van der Waals surface area contributed by atoms with Gasteiger partial charge in [0.25, 0.3) is 0 Å². The molecular formula is C14H18FNO2. The van der Waals surface area contributed by atoms with Crippen molar-refractivity contribution in [3.05, 3.63) is 29.6 Å². The summed E-state index contributed by atoms with van der Waals surface area (Å²) >= 11 is 0. The molecule has 1 saturated heterocycles. The van der Waals surface area contributed by atoms with E-state index < -0.39 is 0 Å². The fourth-order valence-corrected chi connectivity index (χ4v) is 2.46. The molecule has 1 aliphatic heterocycles. The maximum absolute atomic E-state index is 13.8. The van der Waals surface area contributed by atoms with E-state index in [9.17, 15) is 9.18 Å². The second-order valence-electron chi connectivity index (χ2n) is 4.76. The predicted octanol–water partition coefficient (Wildman–Crippen LogP) is 2.50. The van der Waals surface area contributed by atoms with Crippen molar-refractivity contribution in [3.63, 3.8) is 0 Å². The molecule has 0 bridgehead atoms. The zero-order chi connectivity index (χ0) is 13.0. The fourth-order valence-electron chi connectivity index (χ4n) is 2.46. The number of rotatable bonds is 4. The molecule has 3 nitrogen and oxygen atoms in total. The van der Waals surface area contributed by atoms with Gasteiger partial charge in [0.05, 0.1) is 12.3 Å². The molecule has 0 amide bonds. The lowest BCUT2D eigenvalue weighted by molar-refractivity contribution is 0.0576. The van der Waals surface area contributed by atoms with Crippen LogP contribution in [0, 0.1) is 11.7 Å². The van der Waals surface area contributed by atoms with Gasteiger partial charge >= 0.3 is 0 Å². The lowest BCUT2D eigenvalue weighted by Crippen LogP contribution is -2.31. The Balaban J connectivity index is 2.12. The first-order valence-corrected chi connectivity index (χ1v) is 6.25. The van der Waals surface area contributed by atoms with E-state index in [-0.39, 0.29) is 5.82 Å². The van der Waals surface area contributed by atoms with Crippen LogP contribution in [0.25, 0.3) is 0 Å². The maximum Gasteiger partial charge on any atom is 0.152 e. The van der Waals surface area contributed by atoms with Crippen LogP contribution in [0.4, 0.5) is 10.1 Å². The van der Waals surface area contributed by atoms with Crippen molar-refractivity contribution in [2.45, 2.75) is 12.8 Å². The number of aldehydes is 1. The first kappa shape index (κ1) is 13.0. The summed E-state index contributed by atoms with van der Waals surface area (Å²) < 4.78 is 19.2. The number of hydrogen-bond donors (Lipinski definition) is 0. The normalized spacial score (nSPS) is 19.6. The van der Waals surface area contributed by atoms with Crippen molar-refractivity contribution in [3.8, 4) is 0 Å². The van der Waals surface area contributed by atoms with Gasteiger partial charge in [-0.25, -0.2) is 4.39 Å². The molecule has 1 atom stereocenters. The molecule has 1 fully saturated rings. The van der Waals surface area contributed by atoms with Crippen LogP contribution >= 0.6 is 0 Å². The minimum atomic E-state index is -0.348. The number of para-hydroxylation sites is 1. The standard InChI is InChI=1S/C14H18FNO2/c1-16(8-11-4-3-7-18-10-11)14-12(9-17)5-2-6-13(14)15/h2,5-6,9,11H,3-4,7-8,10H2,1H3. The summed E-state index contributed by atoms with van der Waals surface area (Å²) in [7, 11) is 1.82. The molecule has 1 aromatic carbocycles. The third-order valence-electron chi connectivity index (χ3n) is 3.31. The van der Waals surface area contributed by atoms with Gasteiger partial charge in [-0.15, -0.1) is 0 Å². The number of carbonyl (C=O) groups is 1. The largest absolute Gasteiger partial charge is 0.381 e. The molecule has 0 saturated carbocycles. The number of hydrogen-bond acceptors (Lipinski definition) is 3. The summed E-state index contributed by atoms with van der Waals surface area (Å²) in [4.78, 5) is 12.8. The average molecular weight is 251 g/mol. The topological polar surface area (TPSA) is 29.5 Å². The van der Waals surface area contributed by atoms with Gasteiger partial charge < -0.3 is 9.64 Å². The van der Waals surface area contributed by atoms with Crippen molar-refractivity contribution in [1.82, 2.24) is 0 Å². The molecule has 1 aromatic rings. The molecule has 0 radical (unpaired) electrons. The van der Waals surface area contributed by atoms with E-state index in [1.165, 1.54) is 6.07 Å². The Hall–Kier alpha value is -1.42. The average Bonchev–Trinajstić information content (AvgIpc) is 2.39. The van der Waals surface area contributed by atoms with Crippen molar-refractivity contribution >= 4 is 12.0 Å². The Morgan fingerprint density at radius 2 is 2.39 bits per heavy atom. The highest BCUT2D eigenvalue weighted by atomic mass is 19.1. The van der Waals surface area contributed by atoms with Gasteiger partial charge in [0, 0.05) is 25.8 Å². The highest BCUT2D eigenvalue weighted by Gasteiger charge is 2.19. The number of anilines is 1. The van der Waals surface area contributed by atoms with Crippen LogP contribution in [0.15, 0.2) is 18.2 Å². The zero-order valence-electron chi connectivity index (χ0n) is 10.6. The molecule has 1 unspecified atom stereocenters. The molecule has 1 aliphatic rings. The van der Waals surface area contributed by atoms with Gasteiger partial charge in [-0.05, 0) is 30.9 Å². The van der Waals surface area contributed by atoms with Crippen molar-refractivity contribution < 1.29 is 13.9 Å². The van der Waals surface area contributed by atoms with Gasteiger partial charge in [-0.3, -0.25) is 4.79 Å². The number of halogens is 1. The van der Waals surface area contributed by atoms with Gasteiger partial charge in [-0.1, -0.05) is 6.07 Å². The highest BCUT2D eigenvalue weighted by molar-refractivity contribution is 5.84. The Bertz CT molecular complexity index is 416. The van der Waals surface area contributed by atoms with E-state index in [0.29, 0.717) is 30.0 Å². The molecule has 0 N–H and O–H groups in total. The van der Waals surface area contributed by atoms with Gasteiger partial charge in [0.2, 0.25) is 0 Å². The first-order chi connectivity index (χ1) is 8.72. The first-order valence-electron chi connectivity index (χ1n) is 6.25. The van der Waals surface area contributed by atoms with Gasteiger partial charge in [-0.2, -0.15) is 0 Å². The van der Waals surface area contributed by atoms with Crippen LogP contribution in [0.1, 0.15) is 23.2 Å². The molecule has 18 heavy (non-hydrogen) atoms. The third kappa shape index (κ3) is 2.88. The molecular weight excluding hydrogens is 233 g/mol. The minimum absolute atomic E-state index is 0.348. The van der Waals surface area contributed by atoms with E-state index in [1.54, 1.807) is 12.1 Å². The Morgan fingerprint density at radius 3 is 3.06 bits per heavy atom. The minimum Gasteiger partial charge on any atom is -0.381 e. The van der Waals surface area contributed by atoms with Crippen molar-refractivity contribution in [2.75, 3.05) is 31.7 Å². The second-order valence-corrected chi connectivity index (χ2v) is 4.76. The monoisotopic (exact) mass is 251 g/mol. The molecule has 0 spiro atoms. The predicted molar refractivity (Wildman–Crippen MR) is 68.6 cm³/mol. The molecule has 0 aliphatic carbocycles. The maximum atomic E-state index is 13.8. The molecule has 1 heterocycles. The second kappa shape index (κ2) is 5.96. The van der Waals surface area contributed by atoms with E-state index in [4.69, 9.17) is 4.74 Å². The lowest BCUT2D eigenvalue weighted by atomic mass is 10.0. The number of nitrogens with zero attached hydrogens (tertiary/aromatic N) is 1. The summed E-state index contributed by atoms with van der Waals surface area (Å²) in [5, 5.41) is 0. The highest BCUT2D eigenvalue weighted by Crippen LogP contribution is 2.24.